The molecular formula is C17H14FN3O. The van der Waals surface area contributed by atoms with Crippen molar-refractivity contribution in [2.75, 3.05) is 11.4 Å². The van der Waals surface area contributed by atoms with Crippen LogP contribution >= 0.6 is 0 Å². The van der Waals surface area contributed by atoms with E-state index < -0.39 is 0 Å². The van der Waals surface area contributed by atoms with E-state index in [0.29, 0.717) is 18.7 Å². The van der Waals surface area contributed by atoms with Crippen LogP contribution in [-0.2, 0) is 4.79 Å². The van der Waals surface area contributed by atoms with Gasteiger partial charge >= 0.3 is 0 Å². The molecule has 0 saturated carbocycles. The molecule has 1 saturated heterocycles. The Kier molecular flexibility index (Phi) is 2.92. The Labute approximate surface area is 126 Å². The molecule has 2 aromatic carbocycles. The minimum Gasteiger partial charge on any atom is -0.342 e. The molecule has 22 heavy (non-hydrogen) atoms. The Morgan fingerprint density at radius 2 is 2.05 bits per heavy atom. The highest BCUT2D eigenvalue weighted by molar-refractivity contribution is 5.96. The van der Waals surface area contributed by atoms with Crippen LogP contribution in [-0.4, -0.2) is 22.4 Å². The maximum absolute atomic E-state index is 13.4. The Bertz CT molecular complexity index is 825. The first-order chi connectivity index (χ1) is 10.7. The first kappa shape index (κ1) is 13.0. The van der Waals surface area contributed by atoms with Crippen LogP contribution in [0.3, 0.4) is 0 Å². The molecule has 4 nitrogen and oxygen atoms in total. The topological polar surface area (TPSA) is 49.0 Å². The summed E-state index contributed by atoms with van der Waals surface area (Å²) in [5.41, 5.74) is 2.46. The number of amides is 1. The molecular weight excluding hydrogens is 281 g/mol. The zero-order valence-corrected chi connectivity index (χ0v) is 11.8. The van der Waals surface area contributed by atoms with Crippen molar-refractivity contribution < 1.29 is 9.18 Å². The number of aromatic nitrogens is 2. The fraction of sp³-hybridized carbons (Fsp3) is 0.176. The smallest absolute Gasteiger partial charge is 0.227 e. The average molecular weight is 295 g/mol. The summed E-state index contributed by atoms with van der Waals surface area (Å²) in [6, 6.07) is 13.9. The molecule has 2 heterocycles. The predicted octanol–water partition coefficient (Wildman–Crippen LogP) is 3.22. The van der Waals surface area contributed by atoms with Gasteiger partial charge in [0.25, 0.3) is 0 Å². The highest BCUT2D eigenvalue weighted by Crippen LogP contribution is 2.31. The lowest BCUT2D eigenvalue weighted by atomic mass is 10.1. The van der Waals surface area contributed by atoms with Crippen LogP contribution in [0.5, 0.6) is 0 Å². The third-order valence-corrected chi connectivity index (χ3v) is 4.04. The maximum atomic E-state index is 13.4. The number of carbonyl (C=O) groups excluding carboxylic acids is 1. The van der Waals surface area contributed by atoms with Gasteiger partial charge in [0.05, 0.1) is 11.0 Å². The number of benzene rings is 2. The summed E-state index contributed by atoms with van der Waals surface area (Å²) in [5, 5.41) is 0. The minimum atomic E-state index is -0.336. The summed E-state index contributed by atoms with van der Waals surface area (Å²) >= 11 is 0. The average Bonchev–Trinajstić information content (AvgIpc) is 3.10. The lowest BCUT2D eigenvalue weighted by Crippen LogP contribution is -2.24. The van der Waals surface area contributed by atoms with Crippen LogP contribution in [0.15, 0.2) is 48.5 Å². The van der Waals surface area contributed by atoms with E-state index in [9.17, 15) is 9.18 Å². The second kappa shape index (κ2) is 4.94. The van der Waals surface area contributed by atoms with Crippen molar-refractivity contribution in [3.8, 4) is 0 Å². The number of H-pyrrole nitrogens is 1. The molecule has 0 aliphatic carbocycles. The van der Waals surface area contributed by atoms with Crippen LogP contribution in [0, 0.1) is 5.82 Å². The lowest BCUT2D eigenvalue weighted by Gasteiger charge is -2.16. The monoisotopic (exact) mass is 295 g/mol. The number of aromatic amines is 1. The quantitative estimate of drug-likeness (QED) is 0.789. The SMILES string of the molecule is O=C1CC(c2nc3ccccc3[nH]2)CN1c1cccc(F)c1. The molecule has 1 aliphatic rings. The maximum Gasteiger partial charge on any atom is 0.227 e. The van der Waals surface area contributed by atoms with Gasteiger partial charge in [-0.3, -0.25) is 4.79 Å². The molecule has 1 unspecified atom stereocenters. The number of fused-ring (bicyclic) bond motifs is 1. The summed E-state index contributed by atoms with van der Waals surface area (Å²) in [5.74, 6) is 0.477. The van der Waals surface area contributed by atoms with Crippen molar-refractivity contribution in [2.45, 2.75) is 12.3 Å². The predicted molar refractivity (Wildman–Crippen MR) is 82.2 cm³/mol. The van der Waals surface area contributed by atoms with Gasteiger partial charge in [0, 0.05) is 24.6 Å². The molecule has 1 aromatic heterocycles. The molecule has 3 aromatic rings. The summed E-state index contributed by atoms with van der Waals surface area (Å²) in [6.07, 6.45) is 0.385. The van der Waals surface area contributed by atoms with Crippen LogP contribution in [0.1, 0.15) is 18.2 Å². The molecule has 5 heteroatoms. The molecule has 0 spiro atoms. The second-order valence-electron chi connectivity index (χ2n) is 5.52. The third-order valence-electron chi connectivity index (χ3n) is 4.04. The zero-order valence-electron chi connectivity index (χ0n) is 11.8. The third kappa shape index (κ3) is 2.15. The van der Waals surface area contributed by atoms with Crippen molar-refractivity contribution in [3.05, 3.63) is 60.2 Å². The van der Waals surface area contributed by atoms with E-state index in [1.54, 1.807) is 17.0 Å². The van der Waals surface area contributed by atoms with Crippen LogP contribution < -0.4 is 4.90 Å². The number of hydrogen-bond acceptors (Lipinski definition) is 2. The number of carbonyl (C=O) groups is 1. The standard InChI is InChI=1S/C17H14FN3O/c18-12-4-3-5-13(9-12)21-10-11(8-16(21)22)17-19-14-6-1-2-7-15(14)20-17/h1-7,9,11H,8,10H2,(H,19,20). The van der Waals surface area contributed by atoms with Gasteiger partial charge in [0.2, 0.25) is 5.91 Å². The molecule has 0 radical (unpaired) electrons. The van der Waals surface area contributed by atoms with Gasteiger partial charge in [-0.1, -0.05) is 18.2 Å². The van der Waals surface area contributed by atoms with Gasteiger partial charge in [0.1, 0.15) is 11.6 Å². The number of nitrogens with zero attached hydrogens (tertiary/aromatic N) is 2. The largest absolute Gasteiger partial charge is 0.342 e. The van der Waals surface area contributed by atoms with Gasteiger partial charge in [0.15, 0.2) is 0 Å². The van der Waals surface area contributed by atoms with E-state index in [4.69, 9.17) is 0 Å². The van der Waals surface area contributed by atoms with Gasteiger partial charge in [-0.2, -0.15) is 0 Å². The fourth-order valence-electron chi connectivity index (χ4n) is 2.95. The molecule has 0 bridgehead atoms. The van der Waals surface area contributed by atoms with Crippen LogP contribution in [0.25, 0.3) is 11.0 Å². The van der Waals surface area contributed by atoms with Crippen molar-refractivity contribution in [2.24, 2.45) is 0 Å². The van der Waals surface area contributed by atoms with E-state index in [1.165, 1.54) is 12.1 Å². The molecule has 1 amide bonds. The van der Waals surface area contributed by atoms with Gasteiger partial charge in [-0.15, -0.1) is 0 Å². The second-order valence-corrected chi connectivity index (χ2v) is 5.52. The zero-order chi connectivity index (χ0) is 15.1. The Balaban J connectivity index is 1.64. The Hall–Kier alpha value is -2.69. The van der Waals surface area contributed by atoms with Gasteiger partial charge < -0.3 is 9.88 Å². The number of imidazole rings is 1. The lowest BCUT2D eigenvalue weighted by molar-refractivity contribution is -0.117. The molecule has 4 rings (SSSR count). The minimum absolute atomic E-state index is 0.00293. The van der Waals surface area contributed by atoms with E-state index in [2.05, 4.69) is 9.97 Å². The van der Waals surface area contributed by atoms with E-state index in [-0.39, 0.29) is 17.6 Å². The van der Waals surface area contributed by atoms with Gasteiger partial charge in [-0.05, 0) is 30.3 Å². The number of hydrogen-bond donors (Lipinski definition) is 1. The van der Waals surface area contributed by atoms with E-state index in [1.807, 2.05) is 24.3 Å². The number of rotatable bonds is 2. The van der Waals surface area contributed by atoms with E-state index >= 15 is 0 Å². The first-order valence-electron chi connectivity index (χ1n) is 7.21. The normalized spacial score (nSPS) is 18.3. The number of nitrogens with one attached hydrogen (secondary N) is 1. The summed E-state index contributed by atoms with van der Waals surface area (Å²) in [6.45, 7) is 0.516. The fourth-order valence-corrected chi connectivity index (χ4v) is 2.95. The van der Waals surface area contributed by atoms with Crippen molar-refractivity contribution in [1.29, 1.82) is 0 Å². The van der Waals surface area contributed by atoms with Crippen molar-refractivity contribution in [1.82, 2.24) is 9.97 Å². The molecule has 1 atom stereocenters. The molecule has 1 aliphatic heterocycles. The summed E-state index contributed by atoms with van der Waals surface area (Å²) in [7, 11) is 0. The molecule has 1 N–H and O–H groups in total. The van der Waals surface area contributed by atoms with E-state index in [0.717, 1.165) is 16.9 Å². The summed E-state index contributed by atoms with van der Waals surface area (Å²) < 4.78 is 13.4. The van der Waals surface area contributed by atoms with Crippen molar-refractivity contribution >= 4 is 22.6 Å². The highest BCUT2D eigenvalue weighted by atomic mass is 19.1. The van der Waals surface area contributed by atoms with Crippen LogP contribution in [0.2, 0.25) is 0 Å². The summed E-state index contributed by atoms with van der Waals surface area (Å²) in [4.78, 5) is 21.7. The number of anilines is 1. The molecule has 110 valence electrons. The van der Waals surface area contributed by atoms with Crippen molar-refractivity contribution in [3.63, 3.8) is 0 Å². The van der Waals surface area contributed by atoms with Crippen LogP contribution in [0.4, 0.5) is 10.1 Å². The Morgan fingerprint density at radius 3 is 2.86 bits per heavy atom. The highest BCUT2D eigenvalue weighted by Gasteiger charge is 2.33. The Morgan fingerprint density at radius 1 is 1.18 bits per heavy atom. The van der Waals surface area contributed by atoms with Gasteiger partial charge in [-0.25, -0.2) is 9.37 Å². The number of halogens is 1. The molecule has 1 fully saturated rings. The number of para-hydroxylation sites is 2. The first-order valence-corrected chi connectivity index (χ1v) is 7.21.